The van der Waals surface area contributed by atoms with Crippen molar-refractivity contribution in [3.8, 4) is 28.6 Å². The minimum Gasteiger partial charge on any atom is -0.508 e. The molecule has 2 N–H and O–H groups in total. The summed E-state index contributed by atoms with van der Waals surface area (Å²) in [5.41, 5.74) is 2.59. The monoisotopic (exact) mass is 403 g/mol. The quantitative estimate of drug-likeness (QED) is 0.464. The number of para-hydroxylation sites is 2. The Balaban J connectivity index is 1.93. The summed E-state index contributed by atoms with van der Waals surface area (Å²) in [5, 5.41) is 29.0. The van der Waals surface area contributed by atoms with Gasteiger partial charge in [0.25, 0.3) is 0 Å². The lowest BCUT2D eigenvalue weighted by Gasteiger charge is -2.19. The molecule has 0 amide bonds. The van der Waals surface area contributed by atoms with Gasteiger partial charge in [0.05, 0.1) is 5.25 Å². The van der Waals surface area contributed by atoms with Crippen LogP contribution in [0.1, 0.15) is 23.6 Å². The maximum atomic E-state index is 10.5. The first-order chi connectivity index (χ1) is 14.2. The van der Waals surface area contributed by atoms with E-state index < -0.39 is 0 Å². The van der Waals surface area contributed by atoms with Gasteiger partial charge in [0.15, 0.2) is 11.6 Å². The van der Waals surface area contributed by atoms with Crippen molar-refractivity contribution in [2.75, 3.05) is 5.75 Å². The van der Waals surface area contributed by atoms with E-state index in [0.29, 0.717) is 5.82 Å². The molecule has 6 heteroatoms. The second kappa shape index (κ2) is 8.41. The molecule has 0 radical (unpaired) electrons. The van der Waals surface area contributed by atoms with Crippen molar-refractivity contribution >= 4 is 11.8 Å². The van der Waals surface area contributed by atoms with Crippen LogP contribution in [0.2, 0.25) is 0 Å². The third-order valence-corrected chi connectivity index (χ3v) is 5.75. The molecule has 1 unspecified atom stereocenters. The number of aromatic hydroxyl groups is 2. The Hall–Kier alpha value is -3.25. The molecule has 0 saturated carbocycles. The van der Waals surface area contributed by atoms with Crippen LogP contribution in [0.5, 0.6) is 11.5 Å². The van der Waals surface area contributed by atoms with Gasteiger partial charge in [-0.3, -0.25) is 4.57 Å². The largest absolute Gasteiger partial charge is 0.508 e. The van der Waals surface area contributed by atoms with E-state index in [9.17, 15) is 10.2 Å². The number of aromatic nitrogens is 3. The highest BCUT2D eigenvalue weighted by atomic mass is 32.2. The number of nitrogens with zero attached hydrogens (tertiary/aromatic N) is 3. The fourth-order valence-corrected chi connectivity index (χ4v) is 4.29. The first kappa shape index (κ1) is 19.1. The van der Waals surface area contributed by atoms with Crippen LogP contribution in [-0.2, 0) is 0 Å². The van der Waals surface area contributed by atoms with Gasteiger partial charge in [-0.2, -0.15) is 0 Å². The van der Waals surface area contributed by atoms with Crippen LogP contribution < -0.4 is 0 Å². The fraction of sp³-hybridized carbons (Fsp3) is 0.130. The Morgan fingerprint density at radius 1 is 0.862 bits per heavy atom. The van der Waals surface area contributed by atoms with Crippen molar-refractivity contribution < 1.29 is 10.2 Å². The maximum absolute atomic E-state index is 10.5. The number of thioether (sulfide) groups is 1. The van der Waals surface area contributed by atoms with Gasteiger partial charge in [-0.25, -0.2) is 0 Å². The Morgan fingerprint density at radius 3 is 2.24 bits per heavy atom. The van der Waals surface area contributed by atoms with Crippen molar-refractivity contribution in [3.05, 3.63) is 90.3 Å². The molecule has 0 bridgehead atoms. The Bertz CT molecular complexity index is 1090. The Kier molecular flexibility index (Phi) is 5.53. The minimum absolute atomic E-state index is 0.181. The fourth-order valence-electron chi connectivity index (χ4n) is 3.27. The Morgan fingerprint density at radius 2 is 1.55 bits per heavy atom. The smallest absolute Gasteiger partial charge is 0.168 e. The zero-order valence-corrected chi connectivity index (χ0v) is 16.8. The Labute approximate surface area is 173 Å². The number of phenols is 2. The predicted molar refractivity (Wildman–Crippen MR) is 117 cm³/mol. The lowest BCUT2D eigenvalue weighted by molar-refractivity contribution is 0.468. The number of hydrogen-bond donors (Lipinski definition) is 2. The third-order valence-electron chi connectivity index (χ3n) is 4.62. The SMILES string of the molecule is CCSC(c1ccccc1O)c1nnc(-c2ccc(O)cc2)n1-c1ccccc1. The van der Waals surface area contributed by atoms with Gasteiger partial charge < -0.3 is 10.2 Å². The van der Waals surface area contributed by atoms with Crippen LogP contribution in [0, 0.1) is 0 Å². The van der Waals surface area contributed by atoms with Crippen molar-refractivity contribution in [1.82, 2.24) is 14.8 Å². The maximum Gasteiger partial charge on any atom is 0.168 e. The van der Waals surface area contributed by atoms with Crippen molar-refractivity contribution in [2.24, 2.45) is 0 Å². The summed E-state index contributed by atoms with van der Waals surface area (Å²) >= 11 is 1.69. The normalized spacial score (nSPS) is 12.0. The molecule has 0 spiro atoms. The van der Waals surface area contributed by atoms with E-state index in [1.54, 1.807) is 30.0 Å². The van der Waals surface area contributed by atoms with E-state index in [1.807, 2.05) is 65.2 Å². The van der Waals surface area contributed by atoms with Crippen LogP contribution in [0.4, 0.5) is 0 Å². The van der Waals surface area contributed by atoms with Gasteiger partial charge in [0.1, 0.15) is 11.5 Å². The highest BCUT2D eigenvalue weighted by molar-refractivity contribution is 7.99. The van der Waals surface area contributed by atoms with E-state index in [2.05, 4.69) is 17.1 Å². The van der Waals surface area contributed by atoms with Crippen molar-refractivity contribution in [1.29, 1.82) is 0 Å². The molecule has 29 heavy (non-hydrogen) atoms. The van der Waals surface area contributed by atoms with Crippen LogP contribution >= 0.6 is 11.8 Å². The molecule has 1 heterocycles. The summed E-state index contributed by atoms with van der Waals surface area (Å²) in [5.74, 6) is 2.73. The van der Waals surface area contributed by atoms with Gasteiger partial charge >= 0.3 is 0 Å². The number of phenolic OH excluding ortho intramolecular Hbond substituents is 2. The van der Waals surface area contributed by atoms with Gasteiger partial charge in [-0.1, -0.05) is 43.3 Å². The molecule has 0 fully saturated rings. The lowest BCUT2D eigenvalue weighted by atomic mass is 10.1. The van der Waals surface area contributed by atoms with Gasteiger partial charge in [0.2, 0.25) is 0 Å². The minimum atomic E-state index is -0.181. The second-order valence-corrected chi connectivity index (χ2v) is 7.88. The molecule has 0 aliphatic carbocycles. The molecule has 1 atom stereocenters. The average molecular weight is 404 g/mol. The first-order valence-corrected chi connectivity index (χ1v) is 10.4. The van der Waals surface area contributed by atoms with Crippen molar-refractivity contribution in [2.45, 2.75) is 12.2 Å². The standard InChI is InChI=1S/C23H21N3O2S/c1-2-29-21(19-10-6-7-11-20(19)28)23-25-24-22(16-12-14-18(27)15-13-16)26(23)17-8-4-3-5-9-17/h3-15,21,27-28H,2H2,1H3. The topological polar surface area (TPSA) is 71.2 Å². The third kappa shape index (κ3) is 3.84. The summed E-state index contributed by atoms with van der Waals surface area (Å²) < 4.78 is 2.02. The van der Waals surface area contributed by atoms with Crippen molar-refractivity contribution in [3.63, 3.8) is 0 Å². The van der Waals surface area contributed by atoms with Gasteiger partial charge in [-0.05, 0) is 48.2 Å². The second-order valence-electron chi connectivity index (χ2n) is 6.49. The average Bonchev–Trinajstić information content (AvgIpc) is 3.18. The predicted octanol–water partition coefficient (Wildman–Crippen LogP) is 5.19. The van der Waals surface area contributed by atoms with E-state index >= 15 is 0 Å². The molecule has 4 aromatic rings. The van der Waals surface area contributed by atoms with E-state index in [1.165, 1.54) is 0 Å². The summed E-state index contributed by atoms with van der Waals surface area (Å²) in [6.07, 6.45) is 0. The number of benzene rings is 3. The molecule has 0 aliphatic rings. The summed E-state index contributed by atoms with van der Waals surface area (Å²) in [4.78, 5) is 0. The van der Waals surface area contributed by atoms with Crippen LogP contribution in [0.15, 0.2) is 78.9 Å². The van der Waals surface area contributed by atoms with E-state index in [4.69, 9.17) is 0 Å². The molecular formula is C23H21N3O2S. The summed E-state index contributed by atoms with van der Waals surface area (Å²) in [6.45, 7) is 2.09. The highest BCUT2D eigenvalue weighted by Gasteiger charge is 2.26. The van der Waals surface area contributed by atoms with Crippen LogP contribution in [-0.4, -0.2) is 30.7 Å². The van der Waals surface area contributed by atoms with Crippen LogP contribution in [0.3, 0.4) is 0 Å². The van der Waals surface area contributed by atoms with Gasteiger partial charge in [-0.15, -0.1) is 22.0 Å². The molecule has 0 saturated heterocycles. The molecule has 3 aromatic carbocycles. The summed E-state index contributed by atoms with van der Waals surface area (Å²) in [7, 11) is 0. The molecule has 1 aromatic heterocycles. The van der Waals surface area contributed by atoms with Crippen LogP contribution in [0.25, 0.3) is 17.1 Å². The summed E-state index contributed by atoms with van der Waals surface area (Å²) in [6, 6.07) is 24.2. The van der Waals surface area contributed by atoms with Gasteiger partial charge in [0, 0.05) is 16.8 Å². The zero-order chi connectivity index (χ0) is 20.2. The number of hydrogen-bond acceptors (Lipinski definition) is 5. The lowest BCUT2D eigenvalue weighted by Crippen LogP contribution is -2.08. The molecule has 0 aliphatic heterocycles. The first-order valence-electron chi connectivity index (χ1n) is 9.38. The molecule has 4 rings (SSSR count). The molecule has 5 nitrogen and oxygen atoms in total. The highest BCUT2D eigenvalue weighted by Crippen LogP contribution is 2.40. The zero-order valence-electron chi connectivity index (χ0n) is 15.9. The number of rotatable bonds is 6. The van der Waals surface area contributed by atoms with E-state index in [0.717, 1.165) is 28.4 Å². The molecular weight excluding hydrogens is 382 g/mol. The molecule has 146 valence electrons. The van der Waals surface area contributed by atoms with E-state index in [-0.39, 0.29) is 16.7 Å².